The fourth-order valence-electron chi connectivity index (χ4n) is 2.21. The molecule has 1 aromatic carbocycles. The molecule has 102 valence electrons. The third-order valence-electron chi connectivity index (χ3n) is 3.60. The summed E-state index contributed by atoms with van der Waals surface area (Å²) in [6.45, 7) is 9.54. The summed E-state index contributed by atoms with van der Waals surface area (Å²) in [7, 11) is 5.89. The van der Waals surface area contributed by atoms with E-state index in [1.54, 1.807) is 7.11 Å². The maximum Gasteiger partial charge on any atom is 0.122 e. The number of nitrogens with one attached hydrogen (secondary N) is 1. The van der Waals surface area contributed by atoms with Gasteiger partial charge in [-0.05, 0) is 63.2 Å². The smallest absolute Gasteiger partial charge is 0.122 e. The quantitative estimate of drug-likeness (QED) is 0.838. The van der Waals surface area contributed by atoms with Crippen molar-refractivity contribution in [2.75, 3.05) is 34.3 Å². The van der Waals surface area contributed by atoms with E-state index in [1.807, 2.05) is 7.05 Å². The fourth-order valence-corrected chi connectivity index (χ4v) is 2.21. The molecule has 0 saturated heterocycles. The second kappa shape index (κ2) is 6.76. The molecule has 1 rings (SSSR count). The Kier molecular flexibility index (Phi) is 5.63. The topological polar surface area (TPSA) is 24.5 Å². The van der Waals surface area contributed by atoms with Crippen LogP contribution in [0.25, 0.3) is 0 Å². The van der Waals surface area contributed by atoms with Gasteiger partial charge >= 0.3 is 0 Å². The average Bonchev–Trinajstić information content (AvgIpc) is 2.36. The first-order valence-electron chi connectivity index (χ1n) is 6.48. The summed E-state index contributed by atoms with van der Waals surface area (Å²) in [5.41, 5.74) is 5.33. The van der Waals surface area contributed by atoms with E-state index in [-0.39, 0.29) is 0 Å². The van der Waals surface area contributed by atoms with Gasteiger partial charge in [0.1, 0.15) is 5.75 Å². The predicted octanol–water partition coefficient (Wildman–Crippen LogP) is 2.27. The summed E-state index contributed by atoms with van der Waals surface area (Å²) in [4.78, 5) is 2.34. The van der Waals surface area contributed by atoms with Crippen LogP contribution in [0.15, 0.2) is 6.07 Å². The van der Waals surface area contributed by atoms with Crippen LogP contribution in [-0.2, 0) is 6.54 Å². The molecule has 0 heterocycles. The van der Waals surface area contributed by atoms with Crippen molar-refractivity contribution in [2.24, 2.45) is 0 Å². The van der Waals surface area contributed by atoms with Crippen molar-refractivity contribution in [3.63, 3.8) is 0 Å². The van der Waals surface area contributed by atoms with E-state index < -0.39 is 0 Å². The molecular weight excluding hydrogens is 224 g/mol. The Balaban J connectivity index is 2.92. The fraction of sp³-hybridized carbons (Fsp3) is 0.600. The Labute approximate surface area is 111 Å². The maximum atomic E-state index is 5.41. The molecule has 0 aliphatic rings. The van der Waals surface area contributed by atoms with E-state index in [4.69, 9.17) is 4.74 Å². The molecule has 18 heavy (non-hydrogen) atoms. The Bertz CT molecular complexity index is 402. The van der Waals surface area contributed by atoms with Crippen LogP contribution in [0.2, 0.25) is 0 Å². The molecule has 0 aliphatic carbocycles. The molecule has 0 saturated carbocycles. The van der Waals surface area contributed by atoms with Crippen LogP contribution >= 0.6 is 0 Å². The summed E-state index contributed by atoms with van der Waals surface area (Å²) in [6, 6.07) is 2.14. The summed E-state index contributed by atoms with van der Waals surface area (Å²) in [6.07, 6.45) is 0. The zero-order valence-corrected chi connectivity index (χ0v) is 12.6. The van der Waals surface area contributed by atoms with Crippen molar-refractivity contribution < 1.29 is 4.74 Å². The highest BCUT2D eigenvalue weighted by Crippen LogP contribution is 2.28. The number of methoxy groups -OCH3 is 1. The highest BCUT2D eigenvalue weighted by Gasteiger charge is 2.12. The van der Waals surface area contributed by atoms with Gasteiger partial charge in [0.05, 0.1) is 7.11 Å². The first-order chi connectivity index (χ1) is 8.51. The first kappa shape index (κ1) is 15.0. The van der Waals surface area contributed by atoms with Crippen molar-refractivity contribution in [1.29, 1.82) is 0 Å². The number of aryl methyl sites for hydroxylation is 1. The van der Waals surface area contributed by atoms with E-state index in [2.05, 4.69) is 44.1 Å². The number of hydrogen-bond acceptors (Lipinski definition) is 3. The number of ether oxygens (including phenoxy) is 1. The minimum atomic E-state index is 0.990. The van der Waals surface area contributed by atoms with Gasteiger partial charge in [-0.2, -0.15) is 0 Å². The Morgan fingerprint density at radius 2 is 1.89 bits per heavy atom. The number of hydrogen-bond donors (Lipinski definition) is 1. The van der Waals surface area contributed by atoms with Gasteiger partial charge in [-0.25, -0.2) is 0 Å². The summed E-state index contributed by atoms with van der Waals surface area (Å²) < 4.78 is 5.41. The van der Waals surface area contributed by atoms with Crippen LogP contribution in [0.1, 0.15) is 22.3 Å². The average molecular weight is 250 g/mol. The molecule has 3 nitrogen and oxygen atoms in total. The van der Waals surface area contributed by atoms with E-state index in [9.17, 15) is 0 Å². The lowest BCUT2D eigenvalue weighted by Crippen LogP contribution is -2.27. The highest BCUT2D eigenvalue weighted by atomic mass is 16.5. The third kappa shape index (κ3) is 3.47. The summed E-state index contributed by atoms with van der Waals surface area (Å²) in [5.74, 6) is 0.992. The van der Waals surface area contributed by atoms with Crippen LogP contribution in [0.4, 0.5) is 0 Å². The first-order valence-corrected chi connectivity index (χ1v) is 6.48. The SMILES string of the molecule is CNCCN(C)Cc1c(C)cc(OC)c(C)c1C. The van der Waals surface area contributed by atoms with Gasteiger partial charge in [0.25, 0.3) is 0 Å². The van der Waals surface area contributed by atoms with Gasteiger partial charge in [0.2, 0.25) is 0 Å². The number of benzene rings is 1. The van der Waals surface area contributed by atoms with Crippen molar-refractivity contribution in [2.45, 2.75) is 27.3 Å². The van der Waals surface area contributed by atoms with E-state index in [0.717, 1.165) is 25.4 Å². The van der Waals surface area contributed by atoms with Crippen molar-refractivity contribution in [1.82, 2.24) is 10.2 Å². The van der Waals surface area contributed by atoms with Crippen molar-refractivity contribution in [3.8, 4) is 5.75 Å². The molecular formula is C15H26N2O. The molecule has 0 bridgehead atoms. The number of nitrogens with zero attached hydrogens (tertiary/aromatic N) is 1. The van der Waals surface area contributed by atoms with Crippen molar-refractivity contribution >= 4 is 0 Å². The molecule has 0 aliphatic heterocycles. The molecule has 0 atom stereocenters. The van der Waals surface area contributed by atoms with Crippen LogP contribution in [0, 0.1) is 20.8 Å². The highest BCUT2D eigenvalue weighted by molar-refractivity contribution is 5.48. The van der Waals surface area contributed by atoms with E-state index in [1.165, 1.54) is 22.3 Å². The third-order valence-corrected chi connectivity index (χ3v) is 3.60. The summed E-state index contributed by atoms with van der Waals surface area (Å²) in [5, 5.41) is 3.18. The van der Waals surface area contributed by atoms with Crippen molar-refractivity contribution in [3.05, 3.63) is 28.3 Å². The molecule has 0 amide bonds. The minimum Gasteiger partial charge on any atom is -0.496 e. The zero-order valence-electron chi connectivity index (χ0n) is 12.6. The Hall–Kier alpha value is -1.06. The number of rotatable bonds is 6. The second-order valence-electron chi connectivity index (χ2n) is 4.97. The molecule has 1 N–H and O–H groups in total. The van der Waals surface area contributed by atoms with Gasteiger partial charge in [-0.15, -0.1) is 0 Å². The van der Waals surface area contributed by atoms with Crippen LogP contribution in [0.5, 0.6) is 5.75 Å². The molecule has 1 aromatic rings. The minimum absolute atomic E-state index is 0.990. The monoisotopic (exact) mass is 250 g/mol. The lowest BCUT2D eigenvalue weighted by Gasteiger charge is -2.21. The van der Waals surface area contributed by atoms with Gasteiger partial charge in [0.15, 0.2) is 0 Å². The number of likely N-dealkylation sites (N-methyl/N-ethyl adjacent to an activating group) is 2. The predicted molar refractivity (Wildman–Crippen MR) is 77.5 cm³/mol. The van der Waals surface area contributed by atoms with E-state index in [0.29, 0.717) is 0 Å². The van der Waals surface area contributed by atoms with Gasteiger partial charge in [-0.1, -0.05) is 0 Å². The largest absolute Gasteiger partial charge is 0.496 e. The van der Waals surface area contributed by atoms with E-state index >= 15 is 0 Å². The zero-order chi connectivity index (χ0) is 13.7. The molecule has 0 fully saturated rings. The second-order valence-corrected chi connectivity index (χ2v) is 4.97. The maximum absolute atomic E-state index is 5.41. The molecule has 0 spiro atoms. The Morgan fingerprint density at radius 1 is 1.22 bits per heavy atom. The van der Waals surface area contributed by atoms with Crippen LogP contribution < -0.4 is 10.1 Å². The van der Waals surface area contributed by atoms with Crippen LogP contribution in [-0.4, -0.2) is 39.2 Å². The lowest BCUT2D eigenvalue weighted by atomic mass is 9.97. The molecule has 3 heteroatoms. The van der Waals surface area contributed by atoms with Gasteiger partial charge < -0.3 is 15.0 Å². The van der Waals surface area contributed by atoms with Gasteiger partial charge in [-0.3, -0.25) is 0 Å². The van der Waals surface area contributed by atoms with Crippen LogP contribution in [0.3, 0.4) is 0 Å². The summed E-state index contributed by atoms with van der Waals surface area (Å²) >= 11 is 0. The lowest BCUT2D eigenvalue weighted by molar-refractivity contribution is 0.326. The van der Waals surface area contributed by atoms with Gasteiger partial charge in [0, 0.05) is 19.6 Å². The molecule has 0 radical (unpaired) electrons. The Morgan fingerprint density at radius 3 is 2.44 bits per heavy atom. The molecule has 0 aromatic heterocycles. The normalized spacial score (nSPS) is 11.1. The molecule has 0 unspecified atom stereocenters. The standard InChI is InChI=1S/C15H26N2O/c1-11-9-15(18-6)13(3)12(2)14(11)10-17(5)8-7-16-4/h9,16H,7-8,10H2,1-6H3.